The molecule has 1 rings (SSSR count). The van der Waals surface area contributed by atoms with Crippen molar-refractivity contribution in [3.63, 3.8) is 0 Å². The minimum atomic E-state index is -4.60. The fourth-order valence-corrected chi connectivity index (χ4v) is 1.56. The van der Waals surface area contributed by atoms with Gasteiger partial charge < -0.3 is 21.7 Å². The second kappa shape index (κ2) is 5.45. The molecule has 1 aromatic rings. The Kier molecular flexibility index (Phi) is 4.38. The number of aliphatic hydroxyl groups is 2. The van der Waals surface area contributed by atoms with Crippen molar-refractivity contribution in [2.24, 2.45) is 5.73 Å². The number of alkyl halides is 3. The van der Waals surface area contributed by atoms with Gasteiger partial charge in [-0.1, -0.05) is 6.07 Å². The van der Waals surface area contributed by atoms with E-state index in [4.69, 9.17) is 11.5 Å². The molecule has 0 aliphatic carbocycles. The lowest BCUT2D eigenvalue weighted by Gasteiger charge is -2.18. The normalized spacial score (nSPS) is 15.0. The number of anilines is 1. The van der Waals surface area contributed by atoms with Gasteiger partial charge in [-0.05, 0) is 17.7 Å². The summed E-state index contributed by atoms with van der Waals surface area (Å²) < 4.78 is 37.4. The van der Waals surface area contributed by atoms with Crippen molar-refractivity contribution in [2.75, 3.05) is 5.73 Å². The van der Waals surface area contributed by atoms with Crippen LogP contribution in [0.2, 0.25) is 0 Å². The van der Waals surface area contributed by atoms with Gasteiger partial charge in [0.1, 0.15) is 6.10 Å². The highest BCUT2D eigenvalue weighted by atomic mass is 19.4. The third-order valence-electron chi connectivity index (χ3n) is 2.50. The van der Waals surface area contributed by atoms with E-state index >= 15 is 0 Å². The van der Waals surface area contributed by atoms with Crippen molar-refractivity contribution < 1.29 is 28.2 Å². The highest BCUT2D eigenvalue weighted by Crippen LogP contribution is 2.35. The maximum atomic E-state index is 12.5. The fraction of sp³-hybridized carbons (Fsp3) is 0.364. The summed E-state index contributed by atoms with van der Waals surface area (Å²) in [4.78, 5) is 10.6. The first-order valence-corrected chi connectivity index (χ1v) is 5.24. The number of rotatable bonds is 4. The Morgan fingerprint density at radius 2 is 1.89 bits per heavy atom. The first-order valence-electron chi connectivity index (χ1n) is 5.24. The molecule has 0 aliphatic heterocycles. The van der Waals surface area contributed by atoms with Gasteiger partial charge >= 0.3 is 6.18 Å². The molecule has 2 unspecified atom stereocenters. The molecule has 8 heteroatoms. The van der Waals surface area contributed by atoms with Crippen molar-refractivity contribution in [3.8, 4) is 0 Å². The molecule has 1 aromatic carbocycles. The molecule has 0 spiro atoms. The van der Waals surface area contributed by atoms with E-state index in [2.05, 4.69) is 0 Å². The zero-order valence-corrected chi connectivity index (χ0v) is 9.69. The third kappa shape index (κ3) is 3.83. The van der Waals surface area contributed by atoms with Gasteiger partial charge in [-0.25, -0.2) is 0 Å². The maximum Gasteiger partial charge on any atom is 0.418 e. The molecule has 6 N–H and O–H groups in total. The number of carbonyl (C=O) groups excluding carboxylic acids is 1. The van der Waals surface area contributed by atoms with Crippen LogP contribution in [0.4, 0.5) is 18.9 Å². The van der Waals surface area contributed by atoms with E-state index in [0.717, 1.165) is 12.1 Å². The Labute approximate surface area is 106 Å². The molecule has 0 fully saturated rings. The number of hydrogen-bond donors (Lipinski definition) is 4. The highest BCUT2D eigenvalue weighted by molar-refractivity contribution is 5.74. The van der Waals surface area contributed by atoms with Crippen LogP contribution in [0.1, 0.15) is 23.7 Å². The Bertz CT molecular complexity index is 477. The van der Waals surface area contributed by atoms with E-state index in [1.807, 2.05) is 0 Å². The van der Waals surface area contributed by atoms with Gasteiger partial charge in [0.25, 0.3) is 0 Å². The largest absolute Gasteiger partial charge is 0.418 e. The molecule has 0 aliphatic rings. The molecule has 0 aromatic heterocycles. The summed E-state index contributed by atoms with van der Waals surface area (Å²) in [7, 11) is 0. The van der Waals surface area contributed by atoms with Crippen molar-refractivity contribution in [1.82, 2.24) is 0 Å². The zero-order chi connectivity index (χ0) is 14.8. The van der Waals surface area contributed by atoms with Gasteiger partial charge in [0.2, 0.25) is 5.91 Å². The Morgan fingerprint density at radius 3 is 2.32 bits per heavy atom. The molecule has 0 saturated heterocycles. The number of nitrogen functional groups attached to an aromatic ring is 1. The average molecular weight is 278 g/mol. The number of primary amides is 1. The summed E-state index contributed by atoms with van der Waals surface area (Å²) in [5.41, 5.74) is 8.44. The summed E-state index contributed by atoms with van der Waals surface area (Å²) in [5, 5.41) is 19.1. The van der Waals surface area contributed by atoms with Crippen LogP contribution >= 0.6 is 0 Å². The average Bonchev–Trinajstić information content (AvgIpc) is 2.25. The zero-order valence-electron chi connectivity index (χ0n) is 9.69. The van der Waals surface area contributed by atoms with Gasteiger partial charge in [0, 0.05) is 5.69 Å². The second-order valence-electron chi connectivity index (χ2n) is 4.03. The van der Waals surface area contributed by atoms with Gasteiger partial charge in [0.15, 0.2) is 0 Å². The Hall–Kier alpha value is -1.80. The molecule has 0 radical (unpaired) electrons. The molecule has 0 bridgehead atoms. The Morgan fingerprint density at radius 1 is 1.32 bits per heavy atom. The molecule has 19 heavy (non-hydrogen) atoms. The van der Waals surface area contributed by atoms with E-state index < -0.39 is 42.0 Å². The number of aliphatic hydroxyl groups excluding tert-OH is 2. The SMILES string of the molecule is NC(=O)CC(O)C(O)c1ccc(C(F)(F)F)c(N)c1. The van der Waals surface area contributed by atoms with Crippen LogP contribution in [-0.4, -0.2) is 22.2 Å². The van der Waals surface area contributed by atoms with E-state index in [0.29, 0.717) is 6.07 Å². The maximum absolute atomic E-state index is 12.5. The van der Waals surface area contributed by atoms with Crippen molar-refractivity contribution in [3.05, 3.63) is 29.3 Å². The van der Waals surface area contributed by atoms with Crippen LogP contribution in [0.3, 0.4) is 0 Å². The number of hydrogen-bond acceptors (Lipinski definition) is 4. The fourth-order valence-electron chi connectivity index (χ4n) is 1.56. The smallest absolute Gasteiger partial charge is 0.398 e. The van der Waals surface area contributed by atoms with Crippen LogP contribution in [0.25, 0.3) is 0 Å². The predicted octanol–water partition coefficient (Wildman–Crippen LogP) is 0.557. The van der Waals surface area contributed by atoms with Crippen LogP contribution in [0.5, 0.6) is 0 Å². The van der Waals surface area contributed by atoms with E-state index in [1.54, 1.807) is 0 Å². The third-order valence-corrected chi connectivity index (χ3v) is 2.50. The summed E-state index contributed by atoms with van der Waals surface area (Å²) in [6.07, 6.45) is -8.16. The van der Waals surface area contributed by atoms with E-state index in [1.165, 1.54) is 0 Å². The van der Waals surface area contributed by atoms with Crippen molar-refractivity contribution in [1.29, 1.82) is 0 Å². The van der Waals surface area contributed by atoms with Gasteiger partial charge in [-0.15, -0.1) is 0 Å². The van der Waals surface area contributed by atoms with E-state index in [9.17, 15) is 28.2 Å². The monoisotopic (exact) mass is 278 g/mol. The number of carbonyl (C=O) groups is 1. The van der Waals surface area contributed by atoms with Crippen LogP contribution < -0.4 is 11.5 Å². The highest BCUT2D eigenvalue weighted by Gasteiger charge is 2.33. The van der Waals surface area contributed by atoms with Gasteiger partial charge in [-0.3, -0.25) is 4.79 Å². The molecule has 106 valence electrons. The first kappa shape index (κ1) is 15.3. The van der Waals surface area contributed by atoms with Gasteiger partial charge in [0.05, 0.1) is 18.1 Å². The molecule has 2 atom stereocenters. The van der Waals surface area contributed by atoms with Gasteiger partial charge in [-0.2, -0.15) is 13.2 Å². The summed E-state index contributed by atoms with van der Waals surface area (Å²) >= 11 is 0. The lowest BCUT2D eigenvalue weighted by molar-refractivity contribution is -0.136. The molecular formula is C11H13F3N2O3. The van der Waals surface area contributed by atoms with E-state index in [-0.39, 0.29) is 5.56 Å². The minimum absolute atomic E-state index is 0.0285. The lowest BCUT2D eigenvalue weighted by Crippen LogP contribution is -2.25. The van der Waals surface area contributed by atoms with Crippen LogP contribution in [0, 0.1) is 0 Å². The Balaban J connectivity index is 2.98. The summed E-state index contributed by atoms with van der Waals surface area (Å²) in [6.45, 7) is 0. The first-order chi connectivity index (χ1) is 8.62. The molecule has 1 amide bonds. The second-order valence-corrected chi connectivity index (χ2v) is 4.03. The summed E-state index contributed by atoms with van der Waals surface area (Å²) in [6, 6.07) is 2.58. The molecule has 0 heterocycles. The van der Waals surface area contributed by atoms with Crippen molar-refractivity contribution >= 4 is 11.6 Å². The minimum Gasteiger partial charge on any atom is -0.398 e. The molecule has 5 nitrogen and oxygen atoms in total. The predicted molar refractivity (Wildman–Crippen MR) is 60.6 cm³/mol. The van der Waals surface area contributed by atoms with Crippen LogP contribution in [0.15, 0.2) is 18.2 Å². The number of benzene rings is 1. The van der Waals surface area contributed by atoms with Crippen LogP contribution in [-0.2, 0) is 11.0 Å². The standard InChI is InChI=1S/C11H13F3N2O3/c12-11(13,14)6-2-1-5(3-7(6)15)10(19)8(17)4-9(16)18/h1-3,8,10,17,19H,4,15H2,(H2,16,18). The number of amides is 1. The summed E-state index contributed by atoms with van der Waals surface area (Å²) in [5.74, 6) is -0.841. The molecule has 0 saturated carbocycles. The van der Waals surface area contributed by atoms with Crippen molar-refractivity contribution in [2.45, 2.75) is 24.8 Å². The number of halogens is 3. The lowest BCUT2D eigenvalue weighted by atomic mass is 9.99. The molecular weight excluding hydrogens is 265 g/mol. The quantitative estimate of drug-likeness (QED) is 0.603. The number of nitrogens with two attached hydrogens (primary N) is 2. The topological polar surface area (TPSA) is 110 Å².